The Morgan fingerprint density at radius 3 is 2.72 bits per heavy atom. The number of hydrogen-bond donors (Lipinski definition) is 1. The topological polar surface area (TPSA) is 44.1 Å². The molecule has 3 rings (SSSR count). The molecule has 2 heterocycles. The van der Waals surface area contributed by atoms with Crippen LogP contribution in [0, 0.1) is 0 Å². The number of fused-ring (bicyclic) bond motifs is 1. The van der Waals surface area contributed by atoms with Crippen LogP contribution in [-0.2, 0) is 19.9 Å². The van der Waals surface area contributed by atoms with E-state index in [0.717, 1.165) is 18.6 Å². The van der Waals surface area contributed by atoms with Gasteiger partial charge in [-0.05, 0) is 24.1 Å². The summed E-state index contributed by atoms with van der Waals surface area (Å²) in [5, 5.41) is 1.32. The molecule has 0 saturated heterocycles. The minimum absolute atomic E-state index is 0.489. The molecular weight excluding hydrogens is 224 g/mol. The summed E-state index contributed by atoms with van der Waals surface area (Å²) in [6.45, 7) is 0. The van der Waals surface area contributed by atoms with Gasteiger partial charge in [0.1, 0.15) is 5.76 Å². The smallest absolute Gasteiger partial charge is 0.190 e. The van der Waals surface area contributed by atoms with Crippen LogP contribution in [0.4, 0.5) is 5.88 Å². The quantitative estimate of drug-likeness (QED) is 0.764. The number of nitrogens with zero attached hydrogens (tertiary/aromatic N) is 1. The van der Waals surface area contributed by atoms with Crippen LogP contribution in [0.2, 0.25) is 0 Å². The second-order valence-electron chi connectivity index (χ2n) is 4.59. The van der Waals surface area contributed by atoms with E-state index in [0.29, 0.717) is 5.88 Å². The lowest BCUT2D eigenvalue weighted by Crippen LogP contribution is -1.88. The Labute approximate surface area is 106 Å². The number of hydrogen-bond acceptors (Lipinski definition) is 2. The molecule has 92 valence electrons. The molecule has 18 heavy (non-hydrogen) atoms. The number of anilines is 1. The maximum atomic E-state index is 5.57. The third kappa shape index (κ3) is 1.88. The molecule has 3 nitrogen and oxygen atoms in total. The van der Waals surface area contributed by atoms with Crippen LogP contribution < -0.4 is 5.73 Å². The van der Waals surface area contributed by atoms with Gasteiger partial charge in [-0.15, -0.1) is 0 Å². The van der Waals surface area contributed by atoms with Crippen molar-refractivity contribution in [3.63, 3.8) is 0 Å². The van der Waals surface area contributed by atoms with Crippen molar-refractivity contribution in [3.8, 4) is 0 Å². The van der Waals surface area contributed by atoms with E-state index in [4.69, 9.17) is 10.2 Å². The zero-order chi connectivity index (χ0) is 12.5. The maximum absolute atomic E-state index is 5.57. The van der Waals surface area contributed by atoms with Gasteiger partial charge in [-0.1, -0.05) is 18.2 Å². The number of nitrogens with two attached hydrogens (primary N) is 1. The van der Waals surface area contributed by atoms with Crippen molar-refractivity contribution in [1.29, 1.82) is 0 Å². The predicted molar refractivity (Wildman–Crippen MR) is 73.4 cm³/mol. The Bertz CT molecular complexity index is 679. The van der Waals surface area contributed by atoms with Crippen LogP contribution in [0.25, 0.3) is 10.9 Å². The first kappa shape index (κ1) is 11.0. The number of para-hydroxylation sites is 1. The Balaban J connectivity index is 1.86. The van der Waals surface area contributed by atoms with E-state index < -0.39 is 0 Å². The molecule has 1 aromatic carbocycles. The largest absolute Gasteiger partial charge is 0.446 e. The Hall–Kier alpha value is -2.16. The van der Waals surface area contributed by atoms with Gasteiger partial charge in [0.25, 0.3) is 0 Å². The minimum Gasteiger partial charge on any atom is -0.446 e. The molecule has 3 aromatic rings. The number of aromatic nitrogens is 1. The molecule has 0 bridgehead atoms. The highest BCUT2D eigenvalue weighted by Gasteiger charge is 2.07. The zero-order valence-electron chi connectivity index (χ0n) is 10.4. The van der Waals surface area contributed by atoms with Gasteiger partial charge in [0.15, 0.2) is 5.88 Å². The number of nitrogen functional groups attached to an aromatic ring is 1. The number of benzene rings is 1. The van der Waals surface area contributed by atoms with E-state index in [1.54, 1.807) is 6.07 Å². The fraction of sp³-hybridized carbons (Fsp3) is 0.200. The summed E-state index contributed by atoms with van der Waals surface area (Å²) in [4.78, 5) is 0. The lowest BCUT2D eigenvalue weighted by atomic mass is 10.1. The SMILES string of the molecule is Cn1cc(CCc2ccc(N)o2)c2ccccc21. The van der Waals surface area contributed by atoms with E-state index in [2.05, 4.69) is 42.1 Å². The molecule has 2 aromatic heterocycles. The fourth-order valence-corrected chi connectivity index (χ4v) is 2.41. The first-order valence-electron chi connectivity index (χ1n) is 6.11. The number of aryl methyl sites for hydroxylation is 3. The summed E-state index contributed by atoms with van der Waals surface area (Å²) in [6, 6.07) is 12.2. The fourth-order valence-electron chi connectivity index (χ4n) is 2.41. The zero-order valence-corrected chi connectivity index (χ0v) is 10.4. The second kappa shape index (κ2) is 4.26. The average Bonchev–Trinajstić information content (AvgIpc) is 2.92. The molecular formula is C15H16N2O. The van der Waals surface area contributed by atoms with Crippen molar-refractivity contribution in [1.82, 2.24) is 4.57 Å². The molecule has 0 amide bonds. The summed E-state index contributed by atoms with van der Waals surface area (Å²) in [6.07, 6.45) is 4.04. The first-order chi connectivity index (χ1) is 8.74. The highest BCUT2D eigenvalue weighted by Crippen LogP contribution is 2.22. The van der Waals surface area contributed by atoms with Crippen molar-refractivity contribution >= 4 is 16.8 Å². The number of rotatable bonds is 3. The summed E-state index contributed by atoms with van der Waals surface area (Å²) in [7, 11) is 2.08. The van der Waals surface area contributed by atoms with E-state index in [-0.39, 0.29) is 0 Å². The van der Waals surface area contributed by atoms with Gasteiger partial charge in [0.05, 0.1) is 0 Å². The van der Waals surface area contributed by atoms with Crippen molar-refractivity contribution in [2.45, 2.75) is 12.8 Å². The van der Waals surface area contributed by atoms with Crippen molar-refractivity contribution in [2.24, 2.45) is 7.05 Å². The maximum Gasteiger partial charge on any atom is 0.190 e. The lowest BCUT2D eigenvalue weighted by molar-refractivity contribution is 0.526. The Kier molecular flexibility index (Phi) is 2.59. The van der Waals surface area contributed by atoms with Crippen LogP contribution in [0.15, 0.2) is 47.0 Å². The molecule has 0 atom stereocenters. The molecule has 0 aliphatic carbocycles. The van der Waals surface area contributed by atoms with Gasteiger partial charge in [-0.25, -0.2) is 0 Å². The van der Waals surface area contributed by atoms with Crippen LogP contribution in [0.3, 0.4) is 0 Å². The monoisotopic (exact) mass is 240 g/mol. The van der Waals surface area contributed by atoms with Crippen molar-refractivity contribution in [2.75, 3.05) is 5.73 Å². The lowest BCUT2D eigenvalue weighted by Gasteiger charge is -1.97. The molecule has 3 heteroatoms. The standard InChI is InChI=1S/C15H16N2O/c1-17-10-11(13-4-2-3-5-14(13)17)6-7-12-8-9-15(16)18-12/h2-5,8-10H,6-7,16H2,1H3. The first-order valence-corrected chi connectivity index (χ1v) is 6.11. The van der Waals surface area contributed by atoms with Crippen molar-refractivity contribution in [3.05, 3.63) is 53.9 Å². The second-order valence-corrected chi connectivity index (χ2v) is 4.59. The molecule has 2 N–H and O–H groups in total. The summed E-state index contributed by atoms with van der Waals surface area (Å²) >= 11 is 0. The van der Waals surface area contributed by atoms with E-state index in [1.165, 1.54) is 16.5 Å². The third-order valence-corrected chi connectivity index (χ3v) is 3.30. The third-order valence-electron chi connectivity index (χ3n) is 3.30. The Morgan fingerprint density at radius 2 is 1.94 bits per heavy atom. The summed E-state index contributed by atoms with van der Waals surface area (Å²) in [5.74, 6) is 1.43. The summed E-state index contributed by atoms with van der Waals surface area (Å²) in [5.41, 5.74) is 8.19. The minimum atomic E-state index is 0.489. The Morgan fingerprint density at radius 1 is 1.11 bits per heavy atom. The molecule has 0 aliphatic heterocycles. The summed E-state index contributed by atoms with van der Waals surface area (Å²) < 4.78 is 7.56. The van der Waals surface area contributed by atoms with E-state index >= 15 is 0 Å². The van der Waals surface area contributed by atoms with Gasteiger partial charge in [-0.3, -0.25) is 0 Å². The van der Waals surface area contributed by atoms with Gasteiger partial charge in [0.2, 0.25) is 0 Å². The van der Waals surface area contributed by atoms with Gasteiger partial charge in [0, 0.05) is 36.6 Å². The van der Waals surface area contributed by atoms with Crippen molar-refractivity contribution < 1.29 is 4.42 Å². The normalized spacial score (nSPS) is 11.2. The van der Waals surface area contributed by atoms with Crippen LogP contribution in [0.5, 0.6) is 0 Å². The molecule has 0 saturated carbocycles. The molecule has 0 unspecified atom stereocenters. The highest BCUT2D eigenvalue weighted by molar-refractivity contribution is 5.83. The predicted octanol–water partition coefficient (Wildman–Crippen LogP) is 3.14. The van der Waals surface area contributed by atoms with Gasteiger partial charge < -0.3 is 14.7 Å². The van der Waals surface area contributed by atoms with Crippen LogP contribution in [0.1, 0.15) is 11.3 Å². The van der Waals surface area contributed by atoms with E-state index in [1.807, 2.05) is 6.07 Å². The number of furan rings is 1. The highest BCUT2D eigenvalue weighted by atomic mass is 16.3. The van der Waals surface area contributed by atoms with E-state index in [9.17, 15) is 0 Å². The van der Waals surface area contributed by atoms with Gasteiger partial charge >= 0.3 is 0 Å². The van der Waals surface area contributed by atoms with Crippen LogP contribution >= 0.6 is 0 Å². The molecule has 0 radical (unpaired) electrons. The molecule has 0 spiro atoms. The molecule has 0 aliphatic rings. The van der Waals surface area contributed by atoms with Gasteiger partial charge in [-0.2, -0.15) is 0 Å². The average molecular weight is 240 g/mol. The molecule has 0 fully saturated rings. The van der Waals surface area contributed by atoms with Crippen LogP contribution in [-0.4, -0.2) is 4.57 Å².